The fraction of sp³-hybridized carbons (Fsp3) is 0. The number of nitrogens with zero attached hydrogens (tertiary/aromatic N) is 3. The van der Waals surface area contributed by atoms with Crippen molar-refractivity contribution < 1.29 is 4.42 Å². The van der Waals surface area contributed by atoms with Gasteiger partial charge in [-0.3, -0.25) is 0 Å². The summed E-state index contributed by atoms with van der Waals surface area (Å²) in [6, 6.07) is 88.6. The van der Waals surface area contributed by atoms with Crippen molar-refractivity contribution in [3.05, 3.63) is 249 Å². The molecule has 0 atom stereocenters. The summed E-state index contributed by atoms with van der Waals surface area (Å²) in [6.45, 7) is 0. The minimum Gasteiger partial charge on any atom is -0.455 e. The Morgan fingerprint density at radius 3 is 1.19 bits per heavy atom. The van der Waals surface area contributed by atoms with Gasteiger partial charge in [-0.15, -0.1) is 0 Å². The van der Waals surface area contributed by atoms with E-state index in [9.17, 15) is 0 Å². The molecule has 0 radical (unpaired) electrons. The van der Waals surface area contributed by atoms with E-state index in [2.05, 4.69) is 251 Å². The van der Waals surface area contributed by atoms with Crippen LogP contribution in [0.5, 0.6) is 0 Å². The zero-order chi connectivity index (χ0) is 42.4. The molecule has 0 unspecified atom stereocenters. The molecule has 0 aliphatic carbocycles. The summed E-state index contributed by atoms with van der Waals surface area (Å²) < 4.78 is 8.75. The maximum Gasteiger partial charge on any atom is 0.143 e. The Labute approximate surface area is 371 Å². The van der Waals surface area contributed by atoms with Crippen molar-refractivity contribution in [2.75, 3.05) is 9.80 Å². The molecule has 4 nitrogen and oxygen atoms in total. The summed E-state index contributed by atoms with van der Waals surface area (Å²) >= 11 is 0. The Morgan fingerprint density at radius 1 is 0.281 bits per heavy atom. The van der Waals surface area contributed by atoms with Gasteiger partial charge >= 0.3 is 0 Å². The van der Waals surface area contributed by atoms with Crippen LogP contribution in [0.3, 0.4) is 0 Å². The third-order valence-corrected chi connectivity index (χ3v) is 12.4. The van der Waals surface area contributed by atoms with Gasteiger partial charge in [0.1, 0.15) is 11.2 Å². The molecule has 0 aliphatic rings. The van der Waals surface area contributed by atoms with Crippen LogP contribution in [0, 0.1) is 0 Å². The second-order valence-electron chi connectivity index (χ2n) is 16.1. The fourth-order valence-corrected chi connectivity index (χ4v) is 9.37. The summed E-state index contributed by atoms with van der Waals surface area (Å²) in [6.07, 6.45) is 0. The van der Waals surface area contributed by atoms with Gasteiger partial charge in [0.15, 0.2) is 0 Å². The van der Waals surface area contributed by atoms with Gasteiger partial charge < -0.3 is 18.8 Å². The quantitative estimate of drug-likeness (QED) is 0.145. The molecule has 0 amide bonds. The molecular formula is C60H41N3O. The molecule has 0 saturated carbocycles. The van der Waals surface area contributed by atoms with Crippen LogP contribution < -0.4 is 9.80 Å². The molecule has 0 aliphatic heterocycles. The van der Waals surface area contributed by atoms with E-state index in [0.717, 1.165) is 84.0 Å². The lowest BCUT2D eigenvalue weighted by Gasteiger charge is -2.26. The Bertz CT molecular complexity index is 3520. The smallest absolute Gasteiger partial charge is 0.143 e. The van der Waals surface area contributed by atoms with E-state index >= 15 is 0 Å². The van der Waals surface area contributed by atoms with Crippen molar-refractivity contribution in [2.24, 2.45) is 0 Å². The van der Waals surface area contributed by atoms with Gasteiger partial charge in [-0.1, -0.05) is 146 Å². The van der Waals surface area contributed by atoms with Crippen LogP contribution >= 0.6 is 0 Å². The molecule has 302 valence electrons. The van der Waals surface area contributed by atoms with E-state index in [1.165, 1.54) is 21.8 Å². The molecule has 12 aromatic rings. The van der Waals surface area contributed by atoms with E-state index in [1.54, 1.807) is 0 Å². The number of anilines is 6. The lowest BCUT2D eigenvalue weighted by molar-refractivity contribution is 0.670. The number of hydrogen-bond donors (Lipinski definition) is 0. The predicted octanol–water partition coefficient (Wildman–Crippen LogP) is 17.0. The second-order valence-corrected chi connectivity index (χ2v) is 16.1. The summed E-state index contributed by atoms with van der Waals surface area (Å²) in [7, 11) is 0. The first kappa shape index (κ1) is 37.2. The van der Waals surface area contributed by atoms with E-state index < -0.39 is 0 Å². The van der Waals surface area contributed by atoms with Gasteiger partial charge in [0, 0.05) is 66.9 Å². The second kappa shape index (κ2) is 15.7. The first-order chi connectivity index (χ1) is 31.7. The van der Waals surface area contributed by atoms with Crippen LogP contribution in [-0.4, -0.2) is 4.57 Å². The normalized spacial score (nSPS) is 11.4. The molecule has 0 N–H and O–H groups in total. The van der Waals surface area contributed by atoms with Crippen molar-refractivity contribution in [1.29, 1.82) is 0 Å². The highest BCUT2D eigenvalue weighted by Gasteiger charge is 2.18. The van der Waals surface area contributed by atoms with E-state index in [0.29, 0.717) is 0 Å². The SMILES string of the molecule is c1ccc(N(c2ccc(-c3ccc(N(c4ccccc4)c4ccc(-n5c6ccccc6c6ccccc65)cc4)cc3)cc2)c2ccc(-c3cccc4c3oc3ccccc34)cc2)cc1. The maximum atomic E-state index is 6.38. The van der Waals surface area contributed by atoms with Crippen LogP contribution in [0.1, 0.15) is 0 Å². The number of rotatable bonds is 9. The number of benzene rings is 10. The Hall–Kier alpha value is -8.60. The molecule has 2 aromatic heterocycles. The van der Waals surface area contributed by atoms with Crippen molar-refractivity contribution >= 4 is 77.9 Å². The highest BCUT2D eigenvalue weighted by atomic mass is 16.3. The third-order valence-electron chi connectivity index (χ3n) is 12.4. The minimum absolute atomic E-state index is 0.906. The molecule has 0 spiro atoms. The molecule has 0 saturated heterocycles. The molecule has 64 heavy (non-hydrogen) atoms. The monoisotopic (exact) mass is 819 g/mol. The van der Waals surface area contributed by atoms with Gasteiger partial charge in [-0.25, -0.2) is 0 Å². The average Bonchev–Trinajstić information content (AvgIpc) is 3.92. The standard InChI is InChI=1S/C60H41N3O/c1-3-14-45(15-4-1)61(49-36-30-44(31-37-49)52-21-13-22-56-55-20-9-12-25-59(55)64-60(52)56)47-32-26-42(27-33-47)43-28-34-48(35-29-43)62(46-16-5-2-6-17-46)50-38-40-51(41-39-50)63-57-23-10-7-18-53(57)54-19-8-11-24-58(54)63/h1-41H. The van der Waals surface area contributed by atoms with Gasteiger partial charge in [0.05, 0.1) is 11.0 Å². The first-order valence-corrected chi connectivity index (χ1v) is 21.8. The third kappa shape index (κ3) is 6.48. The highest BCUT2D eigenvalue weighted by Crippen LogP contribution is 2.41. The topological polar surface area (TPSA) is 24.6 Å². The van der Waals surface area contributed by atoms with Crippen molar-refractivity contribution in [3.8, 4) is 27.9 Å². The Balaban J connectivity index is 0.842. The Morgan fingerprint density at radius 2 is 0.672 bits per heavy atom. The van der Waals surface area contributed by atoms with Crippen molar-refractivity contribution in [3.63, 3.8) is 0 Å². The molecule has 4 heteroatoms. The number of furan rings is 1. The van der Waals surface area contributed by atoms with E-state index in [1.807, 2.05) is 12.1 Å². The lowest BCUT2D eigenvalue weighted by Crippen LogP contribution is -2.10. The summed E-state index contributed by atoms with van der Waals surface area (Å²) in [5.74, 6) is 0. The van der Waals surface area contributed by atoms with Crippen molar-refractivity contribution in [2.45, 2.75) is 0 Å². The van der Waals surface area contributed by atoms with E-state index in [4.69, 9.17) is 4.42 Å². The number of fused-ring (bicyclic) bond motifs is 6. The number of para-hydroxylation sites is 6. The van der Waals surface area contributed by atoms with Gasteiger partial charge in [-0.05, 0) is 120 Å². The minimum atomic E-state index is 0.906. The fourth-order valence-electron chi connectivity index (χ4n) is 9.37. The number of hydrogen-bond acceptors (Lipinski definition) is 3. The molecule has 10 aromatic carbocycles. The molecular weight excluding hydrogens is 779 g/mol. The van der Waals surface area contributed by atoms with Crippen LogP contribution in [0.15, 0.2) is 253 Å². The van der Waals surface area contributed by atoms with Gasteiger partial charge in [-0.2, -0.15) is 0 Å². The zero-order valence-electron chi connectivity index (χ0n) is 34.9. The lowest BCUT2D eigenvalue weighted by atomic mass is 10.0. The largest absolute Gasteiger partial charge is 0.455 e. The molecule has 12 rings (SSSR count). The van der Waals surface area contributed by atoms with Crippen molar-refractivity contribution in [1.82, 2.24) is 4.57 Å². The van der Waals surface area contributed by atoms with Gasteiger partial charge in [0.2, 0.25) is 0 Å². The predicted molar refractivity (Wildman–Crippen MR) is 268 cm³/mol. The summed E-state index contributed by atoms with van der Waals surface area (Å²) in [5, 5.41) is 4.79. The molecule has 0 fully saturated rings. The van der Waals surface area contributed by atoms with E-state index in [-0.39, 0.29) is 0 Å². The van der Waals surface area contributed by atoms with Crippen LogP contribution in [0.2, 0.25) is 0 Å². The Kier molecular flexibility index (Phi) is 9.12. The highest BCUT2D eigenvalue weighted by molar-refractivity contribution is 6.10. The average molecular weight is 820 g/mol. The number of aromatic nitrogens is 1. The first-order valence-electron chi connectivity index (χ1n) is 21.8. The molecule has 0 bridgehead atoms. The zero-order valence-corrected chi connectivity index (χ0v) is 34.9. The van der Waals surface area contributed by atoms with Crippen LogP contribution in [0.4, 0.5) is 34.1 Å². The maximum absolute atomic E-state index is 6.38. The van der Waals surface area contributed by atoms with Crippen LogP contribution in [-0.2, 0) is 0 Å². The van der Waals surface area contributed by atoms with Gasteiger partial charge in [0.25, 0.3) is 0 Å². The summed E-state index contributed by atoms with van der Waals surface area (Å²) in [5.41, 5.74) is 16.4. The summed E-state index contributed by atoms with van der Waals surface area (Å²) in [4.78, 5) is 4.63. The van der Waals surface area contributed by atoms with Crippen LogP contribution in [0.25, 0.3) is 71.7 Å². The molecule has 2 heterocycles.